The highest BCUT2D eigenvalue weighted by Crippen LogP contribution is 2.38. The van der Waals surface area contributed by atoms with Crippen molar-refractivity contribution in [2.45, 2.75) is 39.4 Å². The normalized spacial score (nSPS) is 16.1. The van der Waals surface area contributed by atoms with Crippen LogP contribution in [0.5, 0.6) is 0 Å². The Hall–Kier alpha value is -3.69. The summed E-state index contributed by atoms with van der Waals surface area (Å²) in [6.45, 7) is 6.16. The minimum atomic E-state index is -4.53. The van der Waals surface area contributed by atoms with Crippen molar-refractivity contribution in [1.82, 2.24) is 29.4 Å². The number of carbonyl (C=O) groups is 1. The van der Waals surface area contributed by atoms with Crippen LogP contribution in [0.2, 0.25) is 0 Å². The Labute approximate surface area is 200 Å². The van der Waals surface area contributed by atoms with E-state index in [1.165, 1.54) is 11.7 Å². The Morgan fingerprint density at radius 3 is 2.49 bits per heavy atom. The lowest BCUT2D eigenvalue weighted by Crippen LogP contribution is -2.39. The van der Waals surface area contributed by atoms with Crippen LogP contribution in [0.4, 0.5) is 13.2 Å². The summed E-state index contributed by atoms with van der Waals surface area (Å²) < 4.78 is 42.5. The van der Waals surface area contributed by atoms with Crippen molar-refractivity contribution in [3.8, 4) is 11.4 Å². The van der Waals surface area contributed by atoms with E-state index in [-0.39, 0.29) is 11.9 Å². The maximum atomic E-state index is 13.8. The molecule has 1 aliphatic rings. The zero-order chi connectivity index (χ0) is 25.2. The highest BCUT2D eigenvalue weighted by atomic mass is 19.4. The summed E-state index contributed by atoms with van der Waals surface area (Å²) in [7, 11) is 3.19. The summed E-state index contributed by atoms with van der Waals surface area (Å²) in [6, 6.07) is 8.36. The number of aryl methyl sites for hydroxylation is 4. The molecule has 35 heavy (non-hydrogen) atoms. The van der Waals surface area contributed by atoms with Crippen molar-refractivity contribution in [2.75, 3.05) is 6.54 Å². The number of fused-ring (bicyclic) bond motifs is 2. The number of benzene rings is 1. The molecule has 1 amide bonds. The quantitative estimate of drug-likeness (QED) is 0.413. The molecule has 0 N–H and O–H groups in total. The maximum absolute atomic E-state index is 13.8. The SMILES string of the molecule is Cc1ccc2nc(C)cc(C(=O)N3CCc4c(nn(C)c4-c4cc(C(F)(F)F)nn4C)C3C)c2c1. The molecule has 1 atom stereocenters. The molecule has 0 saturated heterocycles. The standard InChI is InChI=1S/C25H25F3N6O/c1-13-6-7-19-17(10-13)18(11-14(2)29-19)24(35)34-9-8-16-22(15(34)3)31-33(5)23(16)20-12-21(25(26,27)28)30-32(20)4/h6-7,10-12,15H,8-9H2,1-5H3. The molecule has 7 nitrogen and oxygen atoms in total. The molecule has 1 aliphatic heterocycles. The van der Waals surface area contributed by atoms with Gasteiger partial charge in [0.05, 0.1) is 34.2 Å². The second kappa shape index (κ2) is 7.93. The molecule has 1 unspecified atom stereocenters. The van der Waals surface area contributed by atoms with Crippen molar-refractivity contribution in [2.24, 2.45) is 14.1 Å². The molecular formula is C25H25F3N6O. The molecule has 1 aromatic carbocycles. The first-order valence-corrected chi connectivity index (χ1v) is 11.3. The van der Waals surface area contributed by atoms with Gasteiger partial charge in [0.25, 0.3) is 5.91 Å². The van der Waals surface area contributed by atoms with Crippen molar-refractivity contribution in [1.29, 1.82) is 0 Å². The van der Waals surface area contributed by atoms with Crippen LogP contribution in [0, 0.1) is 13.8 Å². The first-order valence-electron chi connectivity index (χ1n) is 11.3. The van der Waals surface area contributed by atoms with Crippen LogP contribution in [0.1, 0.15) is 51.5 Å². The van der Waals surface area contributed by atoms with E-state index in [0.717, 1.165) is 33.8 Å². The smallest absolute Gasteiger partial charge is 0.330 e. The number of alkyl halides is 3. The minimum Gasteiger partial charge on any atom is -0.330 e. The molecule has 10 heteroatoms. The van der Waals surface area contributed by atoms with Gasteiger partial charge >= 0.3 is 6.18 Å². The van der Waals surface area contributed by atoms with Gasteiger partial charge in [-0.15, -0.1) is 0 Å². The number of carbonyl (C=O) groups excluding carboxylic acids is 1. The Kier molecular flexibility index (Phi) is 5.23. The molecule has 4 aromatic rings. The van der Waals surface area contributed by atoms with Gasteiger partial charge in [-0.05, 0) is 51.5 Å². The van der Waals surface area contributed by atoms with E-state index in [0.29, 0.717) is 35.6 Å². The molecule has 0 radical (unpaired) electrons. The molecule has 0 aliphatic carbocycles. The van der Waals surface area contributed by atoms with Gasteiger partial charge in [-0.25, -0.2) is 0 Å². The number of rotatable bonds is 2. The number of pyridine rings is 1. The van der Waals surface area contributed by atoms with Crippen LogP contribution in [-0.2, 0) is 26.7 Å². The van der Waals surface area contributed by atoms with Crippen LogP contribution in [0.25, 0.3) is 22.3 Å². The van der Waals surface area contributed by atoms with Gasteiger partial charge in [0, 0.05) is 37.3 Å². The van der Waals surface area contributed by atoms with Gasteiger partial charge in [-0.1, -0.05) is 11.6 Å². The maximum Gasteiger partial charge on any atom is 0.435 e. The number of hydrogen-bond donors (Lipinski definition) is 0. The lowest BCUT2D eigenvalue weighted by molar-refractivity contribution is -0.141. The van der Waals surface area contributed by atoms with Crippen molar-refractivity contribution >= 4 is 16.8 Å². The lowest BCUT2D eigenvalue weighted by Gasteiger charge is -2.33. The summed E-state index contributed by atoms with van der Waals surface area (Å²) in [5.41, 5.74) is 4.65. The lowest BCUT2D eigenvalue weighted by atomic mass is 9.95. The largest absolute Gasteiger partial charge is 0.435 e. The number of hydrogen-bond acceptors (Lipinski definition) is 4. The van der Waals surface area contributed by atoms with Crippen molar-refractivity contribution in [3.05, 3.63) is 64.1 Å². The third kappa shape index (κ3) is 3.77. The van der Waals surface area contributed by atoms with Gasteiger partial charge in [0.1, 0.15) is 0 Å². The Morgan fingerprint density at radius 2 is 1.80 bits per heavy atom. The first-order chi connectivity index (χ1) is 16.5. The molecule has 5 rings (SSSR count). The van der Waals surface area contributed by atoms with E-state index >= 15 is 0 Å². The van der Waals surface area contributed by atoms with E-state index in [9.17, 15) is 18.0 Å². The summed E-state index contributed by atoms with van der Waals surface area (Å²) >= 11 is 0. The van der Waals surface area contributed by atoms with Gasteiger partial charge in [0.15, 0.2) is 5.69 Å². The average molecular weight is 483 g/mol. The van der Waals surface area contributed by atoms with E-state index in [4.69, 9.17) is 0 Å². The molecular weight excluding hydrogens is 457 g/mol. The second-order valence-corrected chi connectivity index (χ2v) is 9.13. The third-order valence-corrected chi connectivity index (χ3v) is 6.64. The molecule has 4 heterocycles. The predicted octanol–water partition coefficient (Wildman–Crippen LogP) is 4.76. The van der Waals surface area contributed by atoms with Crippen LogP contribution in [-0.4, -0.2) is 41.9 Å². The fourth-order valence-electron chi connectivity index (χ4n) is 4.97. The Balaban J connectivity index is 1.55. The van der Waals surface area contributed by atoms with Gasteiger partial charge in [0.2, 0.25) is 0 Å². The second-order valence-electron chi connectivity index (χ2n) is 9.13. The van der Waals surface area contributed by atoms with Crippen LogP contribution in [0.3, 0.4) is 0 Å². The number of aromatic nitrogens is 5. The number of nitrogens with zero attached hydrogens (tertiary/aromatic N) is 6. The number of halogens is 3. The zero-order valence-corrected chi connectivity index (χ0v) is 20.1. The minimum absolute atomic E-state index is 0.114. The molecule has 0 saturated carbocycles. The highest BCUT2D eigenvalue weighted by Gasteiger charge is 2.38. The van der Waals surface area contributed by atoms with Crippen LogP contribution < -0.4 is 0 Å². The molecule has 0 spiro atoms. The average Bonchev–Trinajstić information content (AvgIpc) is 3.32. The fraction of sp³-hybridized carbons (Fsp3) is 0.360. The Bertz CT molecular complexity index is 1480. The fourth-order valence-corrected chi connectivity index (χ4v) is 4.97. The topological polar surface area (TPSA) is 68.8 Å². The number of amides is 1. The summed E-state index contributed by atoms with van der Waals surface area (Å²) in [5, 5.41) is 9.08. The molecule has 0 bridgehead atoms. The first kappa shape index (κ1) is 23.1. The van der Waals surface area contributed by atoms with Gasteiger partial charge in [-0.3, -0.25) is 19.1 Å². The van der Waals surface area contributed by atoms with Gasteiger partial charge < -0.3 is 4.90 Å². The van der Waals surface area contributed by atoms with Crippen molar-refractivity contribution in [3.63, 3.8) is 0 Å². The predicted molar refractivity (Wildman–Crippen MR) is 125 cm³/mol. The molecule has 182 valence electrons. The van der Waals surface area contributed by atoms with E-state index in [2.05, 4.69) is 15.2 Å². The van der Waals surface area contributed by atoms with Crippen LogP contribution in [0.15, 0.2) is 30.3 Å². The Morgan fingerprint density at radius 1 is 1.06 bits per heavy atom. The van der Waals surface area contributed by atoms with Gasteiger partial charge in [-0.2, -0.15) is 23.4 Å². The monoisotopic (exact) mass is 482 g/mol. The van der Waals surface area contributed by atoms with Crippen LogP contribution >= 0.6 is 0 Å². The van der Waals surface area contributed by atoms with E-state index in [1.807, 2.05) is 45.0 Å². The molecule has 3 aromatic heterocycles. The zero-order valence-electron chi connectivity index (χ0n) is 20.1. The summed E-state index contributed by atoms with van der Waals surface area (Å²) in [5.74, 6) is -0.114. The highest BCUT2D eigenvalue weighted by molar-refractivity contribution is 6.06. The summed E-state index contributed by atoms with van der Waals surface area (Å²) in [6.07, 6.45) is -4.06. The van der Waals surface area contributed by atoms with E-state index in [1.54, 1.807) is 16.6 Å². The van der Waals surface area contributed by atoms with Crippen molar-refractivity contribution < 1.29 is 18.0 Å². The molecule has 0 fully saturated rings. The third-order valence-electron chi connectivity index (χ3n) is 6.64. The van der Waals surface area contributed by atoms with E-state index < -0.39 is 11.9 Å². The summed E-state index contributed by atoms with van der Waals surface area (Å²) in [4.78, 5) is 20.1.